The third-order valence-electron chi connectivity index (χ3n) is 6.81. The average Bonchev–Trinajstić information content (AvgIpc) is 3.49. The minimum absolute atomic E-state index is 0.0924. The zero-order chi connectivity index (χ0) is 21.8. The molecule has 1 aromatic heterocycles. The Morgan fingerprint density at radius 3 is 2.58 bits per heavy atom. The molecule has 7 heteroatoms. The summed E-state index contributed by atoms with van der Waals surface area (Å²) < 4.78 is 19.9. The molecule has 2 aromatic rings. The standard InChI is InChI=1S/C24H34FN5O/c1-17-18(2)31-22(29-17)15-30-12-8-19(9-13-30)14-27-23(26-3)28-16-24(10-11-24)20-6-4-5-7-21(20)25/h4-7,19H,8-16H2,1-3H3,(H2,26,27,28). The van der Waals surface area contributed by atoms with Crippen LogP contribution in [0.5, 0.6) is 0 Å². The molecule has 2 N–H and O–H groups in total. The normalized spacial score (nSPS) is 19.4. The Labute approximate surface area is 184 Å². The number of aryl methyl sites for hydroxylation is 2. The molecule has 1 aliphatic heterocycles. The summed E-state index contributed by atoms with van der Waals surface area (Å²) in [4.78, 5) is 11.3. The first-order valence-electron chi connectivity index (χ1n) is 11.3. The van der Waals surface area contributed by atoms with Crippen molar-refractivity contribution in [3.05, 3.63) is 53.0 Å². The summed E-state index contributed by atoms with van der Waals surface area (Å²) in [6.07, 6.45) is 4.31. The van der Waals surface area contributed by atoms with Crippen LogP contribution in [-0.4, -0.2) is 49.1 Å². The molecule has 2 fully saturated rings. The second-order valence-electron chi connectivity index (χ2n) is 9.04. The van der Waals surface area contributed by atoms with Gasteiger partial charge in [0.2, 0.25) is 5.89 Å². The maximum atomic E-state index is 14.2. The molecule has 1 saturated carbocycles. The summed E-state index contributed by atoms with van der Waals surface area (Å²) in [6, 6.07) is 7.14. The Hall–Kier alpha value is -2.41. The van der Waals surface area contributed by atoms with E-state index < -0.39 is 0 Å². The van der Waals surface area contributed by atoms with Crippen LogP contribution < -0.4 is 10.6 Å². The summed E-state index contributed by atoms with van der Waals surface area (Å²) in [5.41, 5.74) is 1.71. The van der Waals surface area contributed by atoms with Crippen LogP contribution in [0.4, 0.5) is 4.39 Å². The number of rotatable bonds is 7. The summed E-state index contributed by atoms with van der Waals surface area (Å²) in [6.45, 7) is 8.45. The lowest BCUT2D eigenvalue weighted by molar-refractivity contribution is 0.164. The number of nitrogens with one attached hydrogen (secondary N) is 2. The maximum Gasteiger partial charge on any atom is 0.208 e. The molecule has 0 bridgehead atoms. The van der Waals surface area contributed by atoms with Crippen LogP contribution in [0.25, 0.3) is 0 Å². The van der Waals surface area contributed by atoms with E-state index in [0.717, 1.165) is 80.7 Å². The van der Waals surface area contributed by atoms with Gasteiger partial charge in [-0.05, 0) is 70.2 Å². The van der Waals surface area contributed by atoms with Crippen LogP contribution in [-0.2, 0) is 12.0 Å². The Morgan fingerprint density at radius 2 is 1.97 bits per heavy atom. The van der Waals surface area contributed by atoms with Crippen LogP contribution in [0.2, 0.25) is 0 Å². The molecule has 1 aliphatic carbocycles. The molecule has 0 amide bonds. The molecule has 31 heavy (non-hydrogen) atoms. The van der Waals surface area contributed by atoms with Crippen LogP contribution in [0.3, 0.4) is 0 Å². The molecular weight excluding hydrogens is 393 g/mol. The summed E-state index contributed by atoms with van der Waals surface area (Å²) in [5.74, 6) is 3.04. The van der Waals surface area contributed by atoms with Gasteiger partial charge in [0.25, 0.3) is 0 Å². The number of aliphatic imine (C=N–C) groups is 1. The van der Waals surface area contributed by atoms with Gasteiger partial charge in [-0.1, -0.05) is 18.2 Å². The molecule has 0 unspecified atom stereocenters. The van der Waals surface area contributed by atoms with Crippen LogP contribution in [0, 0.1) is 25.6 Å². The number of aromatic nitrogens is 1. The van der Waals surface area contributed by atoms with Crippen LogP contribution >= 0.6 is 0 Å². The van der Waals surface area contributed by atoms with E-state index in [-0.39, 0.29) is 11.2 Å². The van der Waals surface area contributed by atoms with Crippen molar-refractivity contribution in [2.45, 2.75) is 51.5 Å². The van der Waals surface area contributed by atoms with Crippen molar-refractivity contribution < 1.29 is 8.81 Å². The monoisotopic (exact) mass is 427 g/mol. The van der Waals surface area contributed by atoms with Gasteiger partial charge in [0.05, 0.1) is 12.2 Å². The number of oxazole rings is 1. The lowest BCUT2D eigenvalue weighted by atomic mass is 9.95. The predicted molar refractivity (Wildman–Crippen MR) is 121 cm³/mol. The van der Waals surface area contributed by atoms with Gasteiger partial charge < -0.3 is 15.1 Å². The highest BCUT2D eigenvalue weighted by molar-refractivity contribution is 5.79. The van der Waals surface area contributed by atoms with Crippen LogP contribution in [0.1, 0.15) is 48.6 Å². The maximum absolute atomic E-state index is 14.2. The third kappa shape index (κ3) is 5.26. The van der Waals surface area contributed by atoms with Crippen molar-refractivity contribution in [2.75, 3.05) is 33.2 Å². The molecular formula is C24H34FN5O. The predicted octanol–water partition coefficient (Wildman–Crippen LogP) is 3.54. The fourth-order valence-electron chi connectivity index (χ4n) is 4.44. The number of benzene rings is 1. The van der Waals surface area contributed by atoms with Gasteiger partial charge in [-0.25, -0.2) is 9.37 Å². The molecule has 1 aromatic carbocycles. The quantitative estimate of drug-likeness (QED) is 0.523. The zero-order valence-corrected chi connectivity index (χ0v) is 18.9. The first-order chi connectivity index (χ1) is 15.0. The van der Waals surface area contributed by atoms with Crippen molar-refractivity contribution in [3.8, 4) is 0 Å². The fourth-order valence-corrected chi connectivity index (χ4v) is 4.44. The highest BCUT2D eigenvalue weighted by atomic mass is 19.1. The SMILES string of the molecule is CN=C(NCC1CCN(Cc2nc(C)c(C)o2)CC1)NCC1(c2ccccc2F)CC1. The van der Waals surface area contributed by atoms with E-state index in [2.05, 4.69) is 25.5 Å². The average molecular weight is 428 g/mol. The zero-order valence-electron chi connectivity index (χ0n) is 18.9. The van der Waals surface area contributed by atoms with Crippen molar-refractivity contribution >= 4 is 5.96 Å². The Balaban J connectivity index is 1.20. The van der Waals surface area contributed by atoms with Gasteiger partial charge in [0.1, 0.15) is 11.6 Å². The molecule has 168 valence electrons. The van der Waals surface area contributed by atoms with E-state index in [4.69, 9.17) is 4.42 Å². The minimum atomic E-state index is -0.105. The number of piperidine rings is 1. The van der Waals surface area contributed by atoms with Gasteiger partial charge in [-0.2, -0.15) is 0 Å². The van der Waals surface area contributed by atoms with Crippen molar-refractivity contribution in [2.24, 2.45) is 10.9 Å². The Bertz CT molecular complexity index is 893. The van der Waals surface area contributed by atoms with Gasteiger partial charge >= 0.3 is 0 Å². The second-order valence-corrected chi connectivity index (χ2v) is 9.04. The topological polar surface area (TPSA) is 65.7 Å². The van der Waals surface area contributed by atoms with E-state index in [0.29, 0.717) is 12.5 Å². The summed E-state index contributed by atoms with van der Waals surface area (Å²) in [5, 5.41) is 6.90. The number of halogens is 1. The summed E-state index contributed by atoms with van der Waals surface area (Å²) in [7, 11) is 1.79. The van der Waals surface area contributed by atoms with Crippen molar-refractivity contribution in [1.29, 1.82) is 0 Å². The molecule has 0 spiro atoms. The van der Waals surface area contributed by atoms with Gasteiger partial charge in [-0.3, -0.25) is 9.89 Å². The third-order valence-corrected chi connectivity index (χ3v) is 6.81. The second kappa shape index (κ2) is 9.39. The molecule has 4 rings (SSSR count). The van der Waals surface area contributed by atoms with Crippen molar-refractivity contribution in [3.63, 3.8) is 0 Å². The highest BCUT2D eigenvalue weighted by Gasteiger charge is 2.45. The van der Waals surface area contributed by atoms with E-state index in [1.807, 2.05) is 26.0 Å². The molecule has 2 aliphatic rings. The summed E-state index contributed by atoms with van der Waals surface area (Å²) >= 11 is 0. The van der Waals surface area contributed by atoms with Gasteiger partial charge in [0.15, 0.2) is 5.96 Å². The van der Waals surface area contributed by atoms with Crippen LogP contribution in [0.15, 0.2) is 33.7 Å². The number of likely N-dealkylation sites (tertiary alicyclic amines) is 1. The van der Waals surface area contributed by atoms with E-state index in [1.165, 1.54) is 0 Å². The van der Waals surface area contributed by atoms with Gasteiger partial charge in [0, 0.05) is 25.6 Å². The molecule has 0 radical (unpaired) electrons. The number of hydrogen-bond donors (Lipinski definition) is 2. The molecule has 2 heterocycles. The minimum Gasteiger partial charge on any atom is -0.444 e. The number of hydrogen-bond acceptors (Lipinski definition) is 4. The van der Waals surface area contributed by atoms with Crippen molar-refractivity contribution in [1.82, 2.24) is 20.5 Å². The Kier molecular flexibility index (Phi) is 6.60. The van der Waals surface area contributed by atoms with E-state index in [9.17, 15) is 4.39 Å². The molecule has 6 nitrogen and oxygen atoms in total. The van der Waals surface area contributed by atoms with E-state index in [1.54, 1.807) is 19.2 Å². The molecule has 1 saturated heterocycles. The fraction of sp³-hybridized carbons (Fsp3) is 0.583. The van der Waals surface area contributed by atoms with Gasteiger partial charge in [-0.15, -0.1) is 0 Å². The largest absolute Gasteiger partial charge is 0.444 e. The lowest BCUT2D eigenvalue weighted by Gasteiger charge is -2.31. The Morgan fingerprint density at radius 1 is 1.23 bits per heavy atom. The highest BCUT2D eigenvalue weighted by Crippen LogP contribution is 2.48. The first kappa shape index (κ1) is 21.8. The number of nitrogens with zero attached hydrogens (tertiary/aromatic N) is 3. The first-order valence-corrected chi connectivity index (χ1v) is 11.3. The van der Waals surface area contributed by atoms with E-state index >= 15 is 0 Å². The molecule has 0 atom stereocenters. The smallest absolute Gasteiger partial charge is 0.208 e. The number of guanidine groups is 1. The lowest BCUT2D eigenvalue weighted by Crippen LogP contribution is -2.44.